The lowest BCUT2D eigenvalue weighted by atomic mass is 10.2. The van der Waals surface area contributed by atoms with Gasteiger partial charge in [0.05, 0.1) is 20.8 Å². The molecule has 0 aliphatic rings. The smallest absolute Gasteiger partial charge is 0.279 e. The first-order valence-electron chi connectivity index (χ1n) is 9.21. The molecule has 7 heteroatoms. The van der Waals surface area contributed by atoms with E-state index in [0.29, 0.717) is 18.8 Å². The third-order valence-corrected chi connectivity index (χ3v) is 4.36. The first-order chi connectivity index (χ1) is 13.5. The summed E-state index contributed by atoms with van der Waals surface area (Å²) in [6.07, 6.45) is 0. The van der Waals surface area contributed by atoms with Gasteiger partial charge in [-0.1, -0.05) is 18.2 Å². The number of likely N-dealkylation sites (N-methyl/N-ethyl adjacent to an activating group) is 1. The Balaban J connectivity index is 1.81. The minimum absolute atomic E-state index is 0.111. The Hall–Kier alpha value is -3.06. The molecule has 2 aromatic rings. The molecule has 0 radical (unpaired) electrons. The molecule has 2 aromatic carbocycles. The summed E-state index contributed by atoms with van der Waals surface area (Å²) in [4.78, 5) is 25.4. The molecule has 3 N–H and O–H groups in total. The predicted molar refractivity (Wildman–Crippen MR) is 108 cm³/mol. The lowest BCUT2D eigenvalue weighted by molar-refractivity contribution is -0.881. The van der Waals surface area contributed by atoms with Crippen LogP contribution in [0.15, 0.2) is 48.5 Å². The topological polar surface area (TPSA) is 81.1 Å². The molecule has 0 aromatic heterocycles. The Morgan fingerprint density at radius 2 is 1.61 bits per heavy atom. The van der Waals surface area contributed by atoms with E-state index in [4.69, 9.17) is 9.47 Å². The van der Waals surface area contributed by atoms with Gasteiger partial charge in [-0.15, -0.1) is 0 Å². The molecule has 0 aliphatic carbocycles. The lowest BCUT2D eigenvalue weighted by Crippen LogP contribution is -3.13. The van der Waals surface area contributed by atoms with Crippen LogP contribution in [0.5, 0.6) is 11.5 Å². The molecule has 0 fully saturated rings. The summed E-state index contributed by atoms with van der Waals surface area (Å²) in [5.74, 6) is 1.21. The van der Waals surface area contributed by atoms with E-state index in [1.54, 1.807) is 38.5 Å². The number of rotatable bonds is 10. The van der Waals surface area contributed by atoms with E-state index in [-0.39, 0.29) is 24.9 Å². The van der Waals surface area contributed by atoms with Crippen molar-refractivity contribution < 1.29 is 24.0 Å². The van der Waals surface area contributed by atoms with Crippen LogP contribution in [0, 0.1) is 0 Å². The van der Waals surface area contributed by atoms with Gasteiger partial charge in [-0.25, -0.2) is 0 Å². The van der Waals surface area contributed by atoms with E-state index >= 15 is 0 Å². The first-order valence-corrected chi connectivity index (χ1v) is 9.21. The Morgan fingerprint density at radius 3 is 2.25 bits per heavy atom. The van der Waals surface area contributed by atoms with E-state index < -0.39 is 0 Å². The van der Waals surface area contributed by atoms with Crippen molar-refractivity contribution in [1.29, 1.82) is 0 Å². The van der Waals surface area contributed by atoms with Crippen LogP contribution in [0.3, 0.4) is 0 Å². The summed E-state index contributed by atoms with van der Waals surface area (Å²) in [5.41, 5.74) is 1.61. The van der Waals surface area contributed by atoms with E-state index in [9.17, 15) is 9.59 Å². The Bertz CT molecular complexity index is 777. The summed E-state index contributed by atoms with van der Waals surface area (Å²) in [5, 5.41) is 5.73. The highest BCUT2D eigenvalue weighted by Gasteiger charge is 2.17. The summed E-state index contributed by atoms with van der Waals surface area (Å²) >= 11 is 0. The van der Waals surface area contributed by atoms with Crippen LogP contribution in [0.1, 0.15) is 12.5 Å². The van der Waals surface area contributed by atoms with Gasteiger partial charge < -0.3 is 25.0 Å². The maximum Gasteiger partial charge on any atom is 0.279 e. The van der Waals surface area contributed by atoms with Gasteiger partial charge in [0.1, 0.15) is 11.5 Å². The van der Waals surface area contributed by atoms with Crippen molar-refractivity contribution in [3.63, 3.8) is 0 Å². The minimum Gasteiger partial charge on any atom is -0.497 e. The number of hydrogen-bond donors (Lipinski definition) is 3. The van der Waals surface area contributed by atoms with Crippen LogP contribution in [0.25, 0.3) is 0 Å². The van der Waals surface area contributed by atoms with Crippen LogP contribution in [0.2, 0.25) is 0 Å². The van der Waals surface area contributed by atoms with Crippen molar-refractivity contribution in [2.24, 2.45) is 0 Å². The largest absolute Gasteiger partial charge is 0.497 e. The molecule has 1 atom stereocenters. The number of ether oxygens (including phenoxy) is 2. The Morgan fingerprint density at radius 1 is 0.929 bits per heavy atom. The van der Waals surface area contributed by atoms with E-state index in [2.05, 4.69) is 10.6 Å². The fraction of sp³-hybridized carbons (Fsp3) is 0.333. The minimum atomic E-state index is -0.139. The lowest BCUT2D eigenvalue weighted by Gasteiger charge is -2.17. The maximum absolute atomic E-state index is 12.3. The average molecular weight is 386 g/mol. The molecule has 28 heavy (non-hydrogen) atoms. The number of benzene rings is 2. The number of methoxy groups -OCH3 is 2. The zero-order chi connectivity index (χ0) is 20.4. The molecule has 0 saturated heterocycles. The van der Waals surface area contributed by atoms with Crippen LogP contribution in [0.4, 0.5) is 5.69 Å². The number of hydrogen-bond acceptors (Lipinski definition) is 4. The molecule has 0 heterocycles. The molecule has 0 bridgehead atoms. The molecule has 0 aliphatic heterocycles. The SMILES string of the molecule is CC[NH+](CC(=O)NCc1ccccc1OC)CC(=O)Nc1ccc(OC)cc1. The number of nitrogens with one attached hydrogen (secondary N) is 3. The van der Waals surface area contributed by atoms with Crippen molar-refractivity contribution in [3.8, 4) is 11.5 Å². The number of anilines is 1. The second-order valence-corrected chi connectivity index (χ2v) is 6.32. The normalized spacial score (nSPS) is 11.4. The van der Waals surface area contributed by atoms with Gasteiger partial charge in [0.2, 0.25) is 0 Å². The van der Waals surface area contributed by atoms with Gasteiger partial charge in [0.25, 0.3) is 11.8 Å². The Labute approximate surface area is 165 Å². The molecule has 7 nitrogen and oxygen atoms in total. The van der Waals surface area contributed by atoms with Gasteiger partial charge in [0, 0.05) is 17.8 Å². The molecule has 2 rings (SSSR count). The number of para-hydroxylation sites is 1. The molecular weight excluding hydrogens is 358 g/mol. The third-order valence-electron chi connectivity index (χ3n) is 4.36. The van der Waals surface area contributed by atoms with Gasteiger partial charge in [-0.3, -0.25) is 9.59 Å². The molecular formula is C21H28N3O4+. The Kier molecular flexibility index (Phi) is 8.30. The molecule has 0 spiro atoms. The fourth-order valence-corrected chi connectivity index (χ4v) is 2.75. The molecule has 0 saturated carbocycles. The highest BCUT2D eigenvalue weighted by atomic mass is 16.5. The van der Waals surface area contributed by atoms with Gasteiger partial charge in [-0.2, -0.15) is 0 Å². The summed E-state index contributed by atoms with van der Waals surface area (Å²) in [7, 11) is 3.19. The van der Waals surface area contributed by atoms with Crippen LogP contribution in [-0.4, -0.2) is 45.7 Å². The van der Waals surface area contributed by atoms with Gasteiger partial charge in [0.15, 0.2) is 13.1 Å². The summed E-state index contributed by atoms with van der Waals surface area (Å²) in [6, 6.07) is 14.7. The number of carbonyl (C=O) groups excluding carboxylic acids is 2. The highest BCUT2D eigenvalue weighted by Crippen LogP contribution is 2.16. The van der Waals surface area contributed by atoms with Crippen LogP contribution < -0.4 is 25.0 Å². The van der Waals surface area contributed by atoms with Crippen molar-refractivity contribution >= 4 is 17.5 Å². The molecule has 1 unspecified atom stereocenters. The second-order valence-electron chi connectivity index (χ2n) is 6.32. The summed E-state index contributed by atoms with van der Waals surface area (Å²) in [6.45, 7) is 3.44. The fourth-order valence-electron chi connectivity index (χ4n) is 2.75. The number of amides is 2. The zero-order valence-electron chi connectivity index (χ0n) is 16.6. The van der Waals surface area contributed by atoms with E-state index in [1.807, 2.05) is 31.2 Å². The molecule has 2 amide bonds. The van der Waals surface area contributed by atoms with Crippen LogP contribution >= 0.6 is 0 Å². The maximum atomic E-state index is 12.3. The monoisotopic (exact) mass is 386 g/mol. The van der Waals surface area contributed by atoms with Crippen LogP contribution in [-0.2, 0) is 16.1 Å². The summed E-state index contributed by atoms with van der Waals surface area (Å²) < 4.78 is 10.4. The van der Waals surface area contributed by atoms with Gasteiger partial charge in [-0.05, 0) is 37.3 Å². The van der Waals surface area contributed by atoms with Gasteiger partial charge >= 0.3 is 0 Å². The highest BCUT2D eigenvalue weighted by molar-refractivity contribution is 5.91. The number of carbonyl (C=O) groups is 2. The van der Waals surface area contributed by atoms with Crippen molar-refractivity contribution in [1.82, 2.24) is 5.32 Å². The zero-order valence-corrected chi connectivity index (χ0v) is 16.6. The van der Waals surface area contributed by atoms with Crippen molar-refractivity contribution in [2.45, 2.75) is 13.5 Å². The first kappa shape index (κ1) is 21.2. The van der Waals surface area contributed by atoms with Crippen molar-refractivity contribution in [2.75, 3.05) is 39.2 Å². The average Bonchev–Trinajstić information content (AvgIpc) is 2.72. The number of quaternary nitrogens is 1. The van der Waals surface area contributed by atoms with Crippen molar-refractivity contribution in [3.05, 3.63) is 54.1 Å². The quantitative estimate of drug-likeness (QED) is 0.566. The predicted octanol–water partition coefficient (Wildman–Crippen LogP) is 0.864. The molecule has 150 valence electrons. The van der Waals surface area contributed by atoms with E-state index in [0.717, 1.165) is 22.0 Å². The second kappa shape index (κ2) is 10.9. The third kappa shape index (κ3) is 6.59. The van der Waals surface area contributed by atoms with E-state index in [1.165, 1.54) is 0 Å². The standard InChI is InChI=1S/C21H27N3O4/c1-4-24(15-21(26)23-17-9-11-18(27-2)12-10-17)14-20(25)22-13-16-7-5-6-8-19(16)28-3/h5-12H,4,13-15H2,1-3H3,(H,22,25)(H,23,26)/p+1.